The lowest BCUT2D eigenvalue weighted by molar-refractivity contribution is -0.122. The number of thiazole rings is 1. The number of carbonyl (C=O) groups is 1. The van der Waals surface area contributed by atoms with Crippen LogP contribution < -0.4 is 5.32 Å². The minimum Gasteiger partial charge on any atom is -0.356 e. The lowest BCUT2D eigenvalue weighted by Crippen LogP contribution is -2.29. The SMILES string of the molecule is CC(C)(C)CC(=O)NCCc1csc2nc(-c3ccccc3F)nn12. The molecule has 0 aliphatic heterocycles. The number of carbonyl (C=O) groups excluding carboxylic acids is 1. The van der Waals surface area contributed by atoms with Crippen molar-refractivity contribution in [3.63, 3.8) is 0 Å². The van der Waals surface area contributed by atoms with Crippen LogP contribution in [-0.4, -0.2) is 27.0 Å². The van der Waals surface area contributed by atoms with E-state index in [1.807, 2.05) is 26.2 Å². The van der Waals surface area contributed by atoms with Crippen molar-refractivity contribution in [2.24, 2.45) is 5.41 Å². The smallest absolute Gasteiger partial charge is 0.220 e. The number of fused-ring (bicyclic) bond motifs is 1. The Bertz CT molecular complexity index is 894. The quantitative estimate of drug-likeness (QED) is 0.755. The number of nitrogens with one attached hydrogen (secondary N) is 1. The summed E-state index contributed by atoms with van der Waals surface area (Å²) in [6.45, 7) is 6.65. The lowest BCUT2D eigenvalue weighted by atomic mass is 9.92. The van der Waals surface area contributed by atoms with Crippen LogP contribution in [0.15, 0.2) is 29.6 Å². The van der Waals surface area contributed by atoms with Gasteiger partial charge in [0.2, 0.25) is 10.9 Å². The van der Waals surface area contributed by atoms with E-state index in [1.165, 1.54) is 17.4 Å². The zero-order valence-electron chi connectivity index (χ0n) is 14.5. The average molecular weight is 360 g/mol. The van der Waals surface area contributed by atoms with E-state index < -0.39 is 0 Å². The van der Waals surface area contributed by atoms with Gasteiger partial charge in [0.25, 0.3) is 0 Å². The first kappa shape index (κ1) is 17.5. The van der Waals surface area contributed by atoms with Crippen LogP contribution in [0.3, 0.4) is 0 Å². The number of hydrogen-bond acceptors (Lipinski definition) is 4. The molecule has 0 saturated heterocycles. The second kappa shape index (κ2) is 6.92. The topological polar surface area (TPSA) is 59.3 Å². The van der Waals surface area contributed by atoms with Gasteiger partial charge in [0.1, 0.15) is 5.82 Å². The first-order valence-corrected chi connectivity index (χ1v) is 9.06. The van der Waals surface area contributed by atoms with Crippen molar-refractivity contribution >= 4 is 22.2 Å². The van der Waals surface area contributed by atoms with Crippen molar-refractivity contribution in [2.45, 2.75) is 33.6 Å². The molecule has 3 aromatic rings. The van der Waals surface area contributed by atoms with Gasteiger partial charge in [-0.05, 0) is 17.5 Å². The standard InChI is InChI=1S/C18H21FN4OS/c1-18(2,3)10-15(24)20-9-8-12-11-25-17-21-16(22-23(12)17)13-6-4-5-7-14(13)19/h4-7,11H,8-10H2,1-3H3,(H,20,24). The summed E-state index contributed by atoms with van der Waals surface area (Å²) < 4.78 is 15.6. The maximum absolute atomic E-state index is 13.9. The molecule has 0 aliphatic carbocycles. The highest BCUT2D eigenvalue weighted by Crippen LogP contribution is 2.23. The Morgan fingerprint density at radius 2 is 2.08 bits per heavy atom. The highest BCUT2D eigenvalue weighted by molar-refractivity contribution is 7.15. The van der Waals surface area contributed by atoms with Crippen LogP contribution in [0.5, 0.6) is 0 Å². The number of hydrogen-bond donors (Lipinski definition) is 1. The van der Waals surface area contributed by atoms with Gasteiger partial charge in [0.05, 0.1) is 11.3 Å². The molecular weight excluding hydrogens is 339 g/mol. The molecule has 0 bridgehead atoms. The Balaban J connectivity index is 1.69. The molecule has 0 atom stereocenters. The molecule has 3 rings (SSSR count). The van der Waals surface area contributed by atoms with Crippen molar-refractivity contribution in [2.75, 3.05) is 6.54 Å². The maximum atomic E-state index is 13.9. The van der Waals surface area contributed by atoms with E-state index >= 15 is 0 Å². The highest BCUT2D eigenvalue weighted by Gasteiger charge is 2.16. The fourth-order valence-electron chi connectivity index (χ4n) is 2.53. The summed E-state index contributed by atoms with van der Waals surface area (Å²) in [4.78, 5) is 17.0. The fraction of sp³-hybridized carbons (Fsp3) is 0.389. The summed E-state index contributed by atoms with van der Waals surface area (Å²) in [6.07, 6.45) is 1.14. The molecule has 25 heavy (non-hydrogen) atoms. The molecule has 0 aliphatic rings. The number of amides is 1. The largest absolute Gasteiger partial charge is 0.356 e. The van der Waals surface area contributed by atoms with Gasteiger partial charge < -0.3 is 5.32 Å². The van der Waals surface area contributed by atoms with Crippen molar-refractivity contribution in [3.8, 4) is 11.4 Å². The molecule has 132 valence electrons. The summed E-state index contributed by atoms with van der Waals surface area (Å²) in [6, 6.07) is 6.47. The lowest BCUT2D eigenvalue weighted by Gasteiger charge is -2.17. The van der Waals surface area contributed by atoms with Gasteiger partial charge in [-0.25, -0.2) is 8.91 Å². The van der Waals surface area contributed by atoms with E-state index in [1.54, 1.807) is 22.7 Å². The predicted octanol–water partition coefficient (Wildman–Crippen LogP) is 3.69. The molecule has 0 saturated carbocycles. The summed E-state index contributed by atoms with van der Waals surface area (Å²) in [5.74, 6) is 0.0873. The molecule has 1 aromatic carbocycles. The predicted molar refractivity (Wildman–Crippen MR) is 97.0 cm³/mol. The average Bonchev–Trinajstić information content (AvgIpc) is 3.07. The van der Waals surface area contributed by atoms with Gasteiger partial charge in [-0.15, -0.1) is 16.4 Å². The van der Waals surface area contributed by atoms with Crippen molar-refractivity contribution in [1.82, 2.24) is 19.9 Å². The van der Waals surface area contributed by atoms with Crippen LogP contribution in [0, 0.1) is 11.2 Å². The number of halogens is 1. The van der Waals surface area contributed by atoms with E-state index in [9.17, 15) is 9.18 Å². The number of rotatable bonds is 5. The molecular formula is C18H21FN4OS. The fourth-order valence-corrected chi connectivity index (χ4v) is 3.38. The molecule has 2 aromatic heterocycles. The zero-order chi connectivity index (χ0) is 18.0. The Hall–Kier alpha value is -2.28. The summed E-state index contributed by atoms with van der Waals surface area (Å²) in [7, 11) is 0. The molecule has 0 radical (unpaired) electrons. The third-order valence-electron chi connectivity index (χ3n) is 3.66. The Labute approximate surface area is 149 Å². The van der Waals surface area contributed by atoms with Crippen LogP contribution in [0.4, 0.5) is 4.39 Å². The third-order valence-corrected chi connectivity index (χ3v) is 4.52. The number of aromatic nitrogens is 3. The maximum Gasteiger partial charge on any atom is 0.220 e. The van der Waals surface area contributed by atoms with E-state index in [0.29, 0.717) is 35.7 Å². The third kappa shape index (κ3) is 4.22. The normalized spacial score (nSPS) is 11.8. The van der Waals surface area contributed by atoms with Gasteiger partial charge in [-0.1, -0.05) is 32.9 Å². The summed E-state index contributed by atoms with van der Waals surface area (Å²) in [5.41, 5.74) is 1.31. The van der Waals surface area contributed by atoms with Gasteiger partial charge in [-0.3, -0.25) is 4.79 Å². The van der Waals surface area contributed by atoms with Crippen LogP contribution >= 0.6 is 11.3 Å². The van der Waals surface area contributed by atoms with Gasteiger partial charge >= 0.3 is 0 Å². The number of benzene rings is 1. The van der Waals surface area contributed by atoms with E-state index in [4.69, 9.17) is 0 Å². The van der Waals surface area contributed by atoms with Crippen LogP contribution in [-0.2, 0) is 11.2 Å². The molecule has 1 amide bonds. The second-order valence-corrected chi connectivity index (χ2v) is 8.01. The molecule has 0 spiro atoms. The second-order valence-electron chi connectivity index (χ2n) is 7.17. The molecule has 2 heterocycles. The monoisotopic (exact) mass is 360 g/mol. The van der Waals surface area contributed by atoms with E-state index in [2.05, 4.69) is 15.4 Å². The van der Waals surface area contributed by atoms with Crippen molar-refractivity contribution in [1.29, 1.82) is 0 Å². The van der Waals surface area contributed by atoms with Crippen LogP contribution in [0.1, 0.15) is 32.9 Å². The summed E-state index contributed by atoms with van der Waals surface area (Å²) in [5, 5.41) is 9.33. The van der Waals surface area contributed by atoms with Crippen LogP contribution in [0.2, 0.25) is 0 Å². The van der Waals surface area contributed by atoms with Gasteiger partial charge in [0, 0.05) is 24.8 Å². The minimum atomic E-state index is -0.336. The number of nitrogens with zero attached hydrogens (tertiary/aromatic N) is 3. The molecule has 7 heteroatoms. The Morgan fingerprint density at radius 1 is 1.32 bits per heavy atom. The minimum absolute atomic E-state index is 0.0275. The van der Waals surface area contributed by atoms with Gasteiger partial charge in [0.15, 0.2) is 5.82 Å². The molecule has 0 fully saturated rings. The molecule has 0 unspecified atom stereocenters. The molecule has 5 nitrogen and oxygen atoms in total. The Kier molecular flexibility index (Phi) is 4.85. The van der Waals surface area contributed by atoms with Crippen LogP contribution in [0.25, 0.3) is 16.3 Å². The van der Waals surface area contributed by atoms with Crippen molar-refractivity contribution < 1.29 is 9.18 Å². The summed E-state index contributed by atoms with van der Waals surface area (Å²) >= 11 is 1.46. The van der Waals surface area contributed by atoms with E-state index in [0.717, 1.165) is 5.69 Å². The zero-order valence-corrected chi connectivity index (χ0v) is 15.4. The first-order valence-electron chi connectivity index (χ1n) is 8.18. The van der Waals surface area contributed by atoms with Gasteiger partial charge in [-0.2, -0.15) is 4.98 Å². The molecule has 1 N–H and O–H groups in total. The Morgan fingerprint density at radius 3 is 2.80 bits per heavy atom. The van der Waals surface area contributed by atoms with E-state index in [-0.39, 0.29) is 17.1 Å². The highest BCUT2D eigenvalue weighted by atomic mass is 32.1. The first-order chi connectivity index (χ1) is 11.8. The van der Waals surface area contributed by atoms with Crippen molar-refractivity contribution in [3.05, 3.63) is 41.2 Å².